The molecule has 1 aromatic heterocycles. The normalized spacial score (nSPS) is 13.9. The molecule has 0 N–H and O–H groups in total. The van der Waals surface area contributed by atoms with Crippen molar-refractivity contribution < 1.29 is 9.72 Å². The van der Waals surface area contributed by atoms with Crippen LogP contribution in [0.5, 0.6) is 0 Å². The Hall–Kier alpha value is -3.21. The summed E-state index contributed by atoms with van der Waals surface area (Å²) < 4.78 is 0. The lowest BCUT2D eigenvalue weighted by Crippen LogP contribution is -2.34. The number of rotatable bonds is 5. The maximum absolute atomic E-state index is 11.7. The van der Waals surface area contributed by atoms with Gasteiger partial charge in [-0.3, -0.25) is 14.9 Å². The van der Waals surface area contributed by atoms with Crippen molar-refractivity contribution in [3.63, 3.8) is 0 Å². The summed E-state index contributed by atoms with van der Waals surface area (Å²) in [6, 6.07) is 8.00. The van der Waals surface area contributed by atoms with Crippen molar-refractivity contribution in [1.29, 1.82) is 5.26 Å². The van der Waals surface area contributed by atoms with Gasteiger partial charge in [-0.2, -0.15) is 5.26 Å². The summed E-state index contributed by atoms with van der Waals surface area (Å²) in [6.07, 6.45) is 1.50. The smallest absolute Gasteiger partial charge is 0.270 e. The molecule has 1 fully saturated rings. The standard InChI is InChI=1S/C17H17N5O3/c1-20(7-8-21-6-2-3-17(21)23)16-9-12(11-18)14-10-13(22(24)25)4-5-15(14)19-16/h4-5,9-10H,2-3,6-8H2,1H3. The number of aromatic nitrogens is 1. The molecular formula is C17H17N5O3. The topological polar surface area (TPSA) is 103 Å². The van der Waals surface area contributed by atoms with Crippen LogP contribution in [0.15, 0.2) is 24.3 Å². The highest BCUT2D eigenvalue weighted by Crippen LogP contribution is 2.26. The zero-order valence-corrected chi connectivity index (χ0v) is 13.8. The van der Waals surface area contributed by atoms with Gasteiger partial charge in [-0.15, -0.1) is 0 Å². The van der Waals surface area contributed by atoms with Crippen LogP contribution in [-0.2, 0) is 4.79 Å². The van der Waals surface area contributed by atoms with Gasteiger partial charge in [0.05, 0.1) is 22.1 Å². The van der Waals surface area contributed by atoms with E-state index in [1.165, 1.54) is 12.1 Å². The Kier molecular flexibility index (Phi) is 4.48. The summed E-state index contributed by atoms with van der Waals surface area (Å²) in [6.45, 7) is 1.99. The number of fused-ring (bicyclic) bond motifs is 1. The van der Waals surface area contributed by atoms with Crippen LogP contribution < -0.4 is 4.90 Å². The number of anilines is 1. The van der Waals surface area contributed by atoms with Crippen molar-refractivity contribution in [2.24, 2.45) is 0 Å². The third-order valence-corrected chi connectivity index (χ3v) is 4.38. The molecule has 0 bridgehead atoms. The molecule has 0 saturated carbocycles. The molecule has 8 heteroatoms. The molecule has 8 nitrogen and oxygen atoms in total. The molecule has 1 aliphatic heterocycles. The van der Waals surface area contributed by atoms with Gasteiger partial charge in [-0.05, 0) is 18.6 Å². The van der Waals surface area contributed by atoms with Crippen molar-refractivity contribution in [2.75, 3.05) is 31.6 Å². The van der Waals surface area contributed by atoms with E-state index in [1.807, 2.05) is 16.8 Å². The summed E-state index contributed by atoms with van der Waals surface area (Å²) >= 11 is 0. The molecule has 0 unspecified atom stereocenters. The quantitative estimate of drug-likeness (QED) is 0.610. The molecule has 1 amide bonds. The van der Waals surface area contributed by atoms with Gasteiger partial charge in [0.2, 0.25) is 5.91 Å². The first-order chi connectivity index (χ1) is 12.0. The first-order valence-corrected chi connectivity index (χ1v) is 7.98. The second-order valence-corrected chi connectivity index (χ2v) is 6.00. The number of nitro groups is 1. The van der Waals surface area contributed by atoms with Crippen LogP contribution in [0.3, 0.4) is 0 Å². The molecule has 1 saturated heterocycles. The third kappa shape index (κ3) is 3.35. The Labute approximate surface area is 144 Å². The summed E-state index contributed by atoms with van der Waals surface area (Å²) in [5.41, 5.74) is 0.802. The Morgan fingerprint density at radius 1 is 1.44 bits per heavy atom. The highest BCUT2D eigenvalue weighted by atomic mass is 16.6. The number of likely N-dealkylation sites (tertiary alicyclic amines) is 1. The molecule has 2 heterocycles. The average Bonchev–Trinajstić information content (AvgIpc) is 3.03. The first kappa shape index (κ1) is 16.6. The number of benzene rings is 1. The summed E-state index contributed by atoms with van der Waals surface area (Å²) in [5.74, 6) is 0.773. The SMILES string of the molecule is CN(CCN1CCCC1=O)c1cc(C#N)c2cc([N+](=O)[O-])ccc2n1. The lowest BCUT2D eigenvalue weighted by molar-refractivity contribution is -0.384. The van der Waals surface area contributed by atoms with E-state index in [4.69, 9.17) is 0 Å². The van der Waals surface area contributed by atoms with E-state index in [-0.39, 0.29) is 11.6 Å². The highest BCUT2D eigenvalue weighted by Gasteiger charge is 2.20. The number of nitriles is 1. The third-order valence-electron chi connectivity index (χ3n) is 4.38. The van der Waals surface area contributed by atoms with Crippen molar-refractivity contribution in [3.05, 3.63) is 39.9 Å². The molecular weight excluding hydrogens is 322 g/mol. The predicted octanol–water partition coefficient (Wildman–Crippen LogP) is 2.07. The lowest BCUT2D eigenvalue weighted by Gasteiger charge is -2.23. The lowest BCUT2D eigenvalue weighted by atomic mass is 10.1. The predicted molar refractivity (Wildman–Crippen MR) is 92.2 cm³/mol. The van der Waals surface area contributed by atoms with Crippen molar-refractivity contribution >= 4 is 28.3 Å². The van der Waals surface area contributed by atoms with Crippen molar-refractivity contribution in [2.45, 2.75) is 12.8 Å². The minimum Gasteiger partial charge on any atom is -0.358 e. The molecule has 3 rings (SSSR count). The molecule has 0 aliphatic carbocycles. The zero-order chi connectivity index (χ0) is 18.0. The Morgan fingerprint density at radius 2 is 2.24 bits per heavy atom. The van der Waals surface area contributed by atoms with Crippen LogP contribution in [0, 0.1) is 21.4 Å². The van der Waals surface area contributed by atoms with Gasteiger partial charge >= 0.3 is 0 Å². The van der Waals surface area contributed by atoms with Gasteiger partial charge in [-0.1, -0.05) is 0 Å². The molecule has 0 spiro atoms. The number of carbonyl (C=O) groups excluding carboxylic acids is 1. The van der Waals surface area contributed by atoms with Crippen molar-refractivity contribution in [1.82, 2.24) is 9.88 Å². The van der Waals surface area contributed by atoms with Crippen LogP contribution in [0.2, 0.25) is 0 Å². The number of carbonyl (C=O) groups is 1. The number of likely N-dealkylation sites (N-methyl/N-ethyl adjacent to an activating group) is 1. The second-order valence-electron chi connectivity index (χ2n) is 6.00. The maximum atomic E-state index is 11.7. The minimum absolute atomic E-state index is 0.0700. The van der Waals surface area contributed by atoms with Crippen molar-refractivity contribution in [3.8, 4) is 6.07 Å². The van der Waals surface area contributed by atoms with E-state index < -0.39 is 4.92 Å². The van der Waals surface area contributed by atoms with E-state index in [1.54, 1.807) is 12.1 Å². The van der Waals surface area contributed by atoms with Gasteiger partial charge < -0.3 is 9.80 Å². The van der Waals surface area contributed by atoms with Crippen LogP contribution >= 0.6 is 0 Å². The number of nitrogens with zero attached hydrogens (tertiary/aromatic N) is 5. The number of hydrogen-bond acceptors (Lipinski definition) is 6. The Balaban J connectivity index is 1.86. The molecule has 0 radical (unpaired) electrons. The van der Waals surface area contributed by atoms with Gasteiger partial charge in [0.25, 0.3) is 5.69 Å². The molecule has 2 aromatic rings. The molecule has 0 atom stereocenters. The number of amides is 1. The Bertz CT molecular complexity index is 890. The van der Waals surface area contributed by atoms with Gasteiger partial charge in [0, 0.05) is 50.6 Å². The number of hydrogen-bond donors (Lipinski definition) is 0. The molecule has 25 heavy (non-hydrogen) atoms. The van der Waals surface area contributed by atoms with E-state index in [9.17, 15) is 20.2 Å². The maximum Gasteiger partial charge on any atom is 0.270 e. The molecule has 1 aliphatic rings. The number of nitro benzene ring substituents is 1. The van der Waals surface area contributed by atoms with Crippen LogP contribution in [0.25, 0.3) is 10.9 Å². The summed E-state index contributed by atoms with van der Waals surface area (Å²) in [4.78, 5) is 30.3. The summed E-state index contributed by atoms with van der Waals surface area (Å²) in [7, 11) is 1.85. The van der Waals surface area contributed by atoms with Gasteiger partial charge in [0.15, 0.2) is 0 Å². The van der Waals surface area contributed by atoms with Gasteiger partial charge in [-0.25, -0.2) is 4.98 Å². The van der Waals surface area contributed by atoms with Gasteiger partial charge in [0.1, 0.15) is 5.82 Å². The Morgan fingerprint density at radius 3 is 2.88 bits per heavy atom. The zero-order valence-electron chi connectivity index (χ0n) is 13.8. The van der Waals surface area contributed by atoms with Crippen LogP contribution in [0.4, 0.5) is 11.5 Å². The van der Waals surface area contributed by atoms with Crippen LogP contribution in [-0.4, -0.2) is 47.4 Å². The molecule has 128 valence electrons. The van der Waals surface area contributed by atoms with E-state index in [2.05, 4.69) is 11.1 Å². The number of non-ortho nitro benzene ring substituents is 1. The fraction of sp³-hybridized carbons (Fsp3) is 0.353. The average molecular weight is 339 g/mol. The summed E-state index contributed by atoms with van der Waals surface area (Å²) in [5, 5.41) is 20.8. The van der Waals surface area contributed by atoms with E-state index >= 15 is 0 Å². The second kappa shape index (κ2) is 6.73. The minimum atomic E-state index is -0.492. The highest BCUT2D eigenvalue weighted by molar-refractivity contribution is 5.88. The largest absolute Gasteiger partial charge is 0.358 e. The van der Waals surface area contributed by atoms with E-state index in [0.29, 0.717) is 41.8 Å². The van der Waals surface area contributed by atoms with Crippen LogP contribution in [0.1, 0.15) is 18.4 Å². The van der Waals surface area contributed by atoms with E-state index in [0.717, 1.165) is 13.0 Å². The first-order valence-electron chi connectivity index (χ1n) is 7.98. The molecule has 1 aromatic carbocycles. The fourth-order valence-corrected chi connectivity index (χ4v) is 2.93. The fourth-order valence-electron chi connectivity index (χ4n) is 2.93. The monoisotopic (exact) mass is 339 g/mol. The number of pyridine rings is 1.